The molecular formula is C16H23NO8. The van der Waals surface area contributed by atoms with Gasteiger partial charge in [0.25, 0.3) is 5.79 Å². The molecular weight excluding hydrogens is 334 g/mol. The number of esters is 1. The number of hydrogen-bond donors (Lipinski definition) is 6. The Kier molecular flexibility index (Phi) is 6.47. The molecule has 1 saturated heterocycles. The van der Waals surface area contributed by atoms with Crippen molar-refractivity contribution in [2.24, 2.45) is 5.73 Å². The quantitative estimate of drug-likeness (QED) is 0.305. The van der Waals surface area contributed by atoms with E-state index < -0.39 is 55.2 Å². The van der Waals surface area contributed by atoms with Crippen molar-refractivity contribution >= 4 is 5.97 Å². The van der Waals surface area contributed by atoms with Gasteiger partial charge in [-0.15, -0.1) is 0 Å². The predicted molar refractivity (Wildman–Crippen MR) is 83.8 cm³/mol. The van der Waals surface area contributed by atoms with Gasteiger partial charge in [-0.05, 0) is 5.56 Å². The lowest BCUT2D eigenvalue weighted by Crippen LogP contribution is -2.65. The SMILES string of the molecule is N[C@@H]1[C@@H](O)CC(O)(C(=O)OCc2ccccc2)O[C@H]1C(O)C(O)CO. The summed E-state index contributed by atoms with van der Waals surface area (Å²) < 4.78 is 10.2. The maximum Gasteiger partial charge on any atom is 0.367 e. The summed E-state index contributed by atoms with van der Waals surface area (Å²) in [5, 5.41) is 48.8. The number of aliphatic hydroxyl groups is 5. The van der Waals surface area contributed by atoms with E-state index in [0.717, 1.165) is 0 Å². The molecule has 2 rings (SSSR count). The number of benzene rings is 1. The van der Waals surface area contributed by atoms with Crippen LogP contribution in [0.25, 0.3) is 0 Å². The topological polar surface area (TPSA) is 163 Å². The first-order valence-corrected chi connectivity index (χ1v) is 7.80. The van der Waals surface area contributed by atoms with Crippen LogP contribution in [0.5, 0.6) is 0 Å². The molecule has 25 heavy (non-hydrogen) atoms. The highest BCUT2D eigenvalue weighted by Gasteiger charge is 2.53. The van der Waals surface area contributed by atoms with Crippen molar-refractivity contribution < 1.29 is 39.8 Å². The van der Waals surface area contributed by atoms with E-state index in [9.17, 15) is 25.2 Å². The third-order valence-corrected chi connectivity index (χ3v) is 4.09. The van der Waals surface area contributed by atoms with Gasteiger partial charge in [-0.1, -0.05) is 30.3 Å². The predicted octanol–water partition coefficient (Wildman–Crippen LogP) is -2.39. The average molecular weight is 357 g/mol. The normalized spacial score (nSPS) is 32.0. The van der Waals surface area contributed by atoms with E-state index in [2.05, 4.69) is 0 Å². The van der Waals surface area contributed by atoms with E-state index in [1.807, 2.05) is 0 Å². The molecule has 140 valence electrons. The zero-order valence-corrected chi connectivity index (χ0v) is 13.4. The van der Waals surface area contributed by atoms with Gasteiger partial charge >= 0.3 is 5.97 Å². The molecule has 3 unspecified atom stereocenters. The Morgan fingerprint density at radius 2 is 2.00 bits per heavy atom. The summed E-state index contributed by atoms with van der Waals surface area (Å²) in [5.74, 6) is -3.69. The largest absolute Gasteiger partial charge is 0.457 e. The highest BCUT2D eigenvalue weighted by atomic mass is 16.7. The highest BCUT2D eigenvalue weighted by molar-refractivity contribution is 5.77. The number of hydrogen-bond acceptors (Lipinski definition) is 9. The zero-order valence-electron chi connectivity index (χ0n) is 13.4. The fraction of sp³-hybridized carbons (Fsp3) is 0.562. The van der Waals surface area contributed by atoms with Crippen LogP contribution in [0, 0.1) is 0 Å². The third-order valence-electron chi connectivity index (χ3n) is 4.09. The smallest absolute Gasteiger partial charge is 0.367 e. The summed E-state index contributed by atoms with van der Waals surface area (Å²) in [5.41, 5.74) is 6.39. The van der Waals surface area contributed by atoms with E-state index >= 15 is 0 Å². The van der Waals surface area contributed by atoms with Gasteiger partial charge in [-0.25, -0.2) is 4.79 Å². The molecule has 9 nitrogen and oxygen atoms in total. The van der Waals surface area contributed by atoms with Gasteiger partial charge in [0, 0.05) is 6.42 Å². The minimum atomic E-state index is -2.54. The molecule has 1 heterocycles. The van der Waals surface area contributed by atoms with Crippen molar-refractivity contribution in [2.45, 2.75) is 49.3 Å². The Labute approximate surface area is 144 Å². The summed E-state index contributed by atoms with van der Waals surface area (Å²) >= 11 is 0. The second-order valence-electron chi connectivity index (χ2n) is 6.02. The zero-order chi connectivity index (χ0) is 18.6. The molecule has 1 aromatic carbocycles. The van der Waals surface area contributed by atoms with Gasteiger partial charge < -0.3 is 40.7 Å². The Balaban J connectivity index is 2.08. The van der Waals surface area contributed by atoms with Crippen LogP contribution in [-0.4, -0.2) is 74.4 Å². The molecule has 0 saturated carbocycles. The van der Waals surface area contributed by atoms with Crippen LogP contribution in [0.15, 0.2) is 30.3 Å². The van der Waals surface area contributed by atoms with Gasteiger partial charge in [0.15, 0.2) is 0 Å². The van der Waals surface area contributed by atoms with Crippen molar-refractivity contribution in [2.75, 3.05) is 6.61 Å². The Morgan fingerprint density at radius 1 is 1.36 bits per heavy atom. The fourth-order valence-electron chi connectivity index (χ4n) is 2.58. The van der Waals surface area contributed by atoms with E-state index in [1.54, 1.807) is 30.3 Å². The second-order valence-corrected chi connectivity index (χ2v) is 6.02. The Bertz CT molecular complexity index is 571. The van der Waals surface area contributed by atoms with Crippen LogP contribution in [0.1, 0.15) is 12.0 Å². The molecule has 0 radical (unpaired) electrons. The minimum Gasteiger partial charge on any atom is -0.457 e. The van der Waals surface area contributed by atoms with Crippen molar-refractivity contribution in [3.05, 3.63) is 35.9 Å². The van der Waals surface area contributed by atoms with Crippen molar-refractivity contribution in [1.29, 1.82) is 0 Å². The van der Waals surface area contributed by atoms with E-state index in [-0.39, 0.29) is 6.61 Å². The fourth-order valence-corrected chi connectivity index (χ4v) is 2.58. The molecule has 1 aromatic rings. The summed E-state index contributed by atoms with van der Waals surface area (Å²) in [6.45, 7) is -0.916. The van der Waals surface area contributed by atoms with Gasteiger partial charge in [0.05, 0.1) is 18.8 Å². The molecule has 0 aromatic heterocycles. The number of ether oxygens (including phenoxy) is 2. The van der Waals surface area contributed by atoms with Crippen LogP contribution in [0.2, 0.25) is 0 Å². The molecule has 9 heteroatoms. The number of nitrogens with two attached hydrogens (primary N) is 1. The molecule has 1 aliphatic rings. The first kappa shape index (κ1) is 19.7. The van der Waals surface area contributed by atoms with Crippen LogP contribution in [0.3, 0.4) is 0 Å². The van der Waals surface area contributed by atoms with Gasteiger partial charge in [0.2, 0.25) is 0 Å². The number of aliphatic hydroxyl groups excluding tert-OH is 4. The van der Waals surface area contributed by atoms with Crippen LogP contribution in [-0.2, 0) is 20.9 Å². The molecule has 0 amide bonds. The second kappa shape index (κ2) is 8.19. The first-order valence-electron chi connectivity index (χ1n) is 7.80. The molecule has 1 aliphatic heterocycles. The summed E-state index contributed by atoms with van der Waals surface area (Å²) in [7, 11) is 0. The molecule has 0 bridgehead atoms. The lowest BCUT2D eigenvalue weighted by molar-refractivity contribution is -0.295. The molecule has 6 atom stereocenters. The van der Waals surface area contributed by atoms with Gasteiger partial charge in [-0.3, -0.25) is 0 Å². The van der Waals surface area contributed by atoms with Crippen molar-refractivity contribution in [3.63, 3.8) is 0 Å². The molecule has 0 spiro atoms. The van der Waals surface area contributed by atoms with Crippen molar-refractivity contribution in [1.82, 2.24) is 0 Å². The number of carbonyl (C=O) groups is 1. The summed E-state index contributed by atoms with van der Waals surface area (Å²) in [4.78, 5) is 12.2. The number of carbonyl (C=O) groups excluding carboxylic acids is 1. The van der Waals surface area contributed by atoms with Gasteiger partial charge in [-0.2, -0.15) is 0 Å². The van der Waals surface area contributed by atoms with Gasteiger partial charge in [0.1, 0.15) is 24.9 Å². The monoisotopic (exact) mass is 357 g/mol. The highest BCUT2D eigenvalue weighted by Crippen LogP contribution is 2.30. The summed E-state index contributed by atoms with van der Waals surface area (Å²) in [6.07, 6.45) is -6.77. The Hall–Kier alpha value is -1.59. The van der Waals surface area contributed by atoms with E-state index in [0.29, 0.717) is 5.56 Å². The first-order chi connectivity index (χ1) is 11.8. The maximum absolute atomic E-state index is 12.2. The lowest BCUT2D eigenvalue weighted by Gasteiger charge is -2.43. The molecule has 1 fully saturated rings. The standard InChI is InChI=1S/C16H23NO8/c17-12-10(19)6-16(23,25-14(12)13(21)11(20)7-18)15(22)24-8-9-4-2-1-3-5-9/h1-5,10-14,18-21,23H,6-8,17H2/t10-,11?,12+,13?,14+,16?/m0/s1. The van der Waals surface area contributed by atoms with Crippen LogP contribution in [0.4, 0.5) is 0 Å². The average Bonchev–Trinajstić information content (AvgIpc) is 2.62. The minimum absolute atomic E-state index is 0.125. The molecule has 0 aliphatic carbocycles. The lowest BCUT2D eigenvalue weighted by atomic mass is 9.89. The number of rotatable bonds is 6. The van der Waals surface area contributed by atoms with Crippen LogP contribution < -0.4 is 5.73 Å². The maximum atomic E-state index is 12.2. The van der Waals surface area contributed by atoms with Crippen LogP contribution >= 0.6 is 0 Å². The summed E-state index contributed by atoms with van der Waals surface area (Å²) in [6, 6.07) is 7.54. The van der Waals surface area contributed by atoms with E-state index in [1.165, 1.54) is 0 Å². The Morgan fingerprint density at radius 3 is 2.60 bits per heavy atom. The third kappa shape index (κ3) is 4.53. The molecule has 7 N–H and O–H groups in total. The van der Waals surface area contributed by atoms with E-state index in [4.69, 9.17) is 20.3 Å². The van der Waals surface area contributed by atoms with Crippen molar-refractivity contribution in [3.8, 4) is 0 Å².